The normalized spacial score (nSPS) is 14.8. The van der Waals surface area contributed by atoms with Gasteiger partial charge in [-0.05, 0) is 19.4 Å². The van der Waals surface area contributed by atoms with Crippen LogP contribution in [0.3, 0.4) is 0 Å². The third-order valence-corrected chi connectivity index (χ3v) is 3.52. The van der Waals surface area contributed by atoms with E-state index in [1.165, 1.54) is 0 Å². The molecule has 1 aromatic rings. The number of rotatable bonds is 9. The third kappa shape index (κ3) is 4.60. The summed E-state index contributed by atoms with van der Waals surface area (Å²) in [6.07, 6.45) is 7.08. The van der Waals surface area contributed by atoms with Gasteiger partial charge in [0.2, 0.25) is 0 Å². The van der Waals surface area contributed by atoms with Crippen LogP contribution in [0.2, 0.25) is 0 Å². The van der Waals surface area contributed by atoms with Gasteiger partial charge >= 0.3 is 0 Å². The molecule has 0 saturated carbocycles. The number of nitrogens with two attached hydrogens (primary N) is 1. The average Bonchev–Trinajstić information content (AvgIpc) is 2.82. The minimum absolute atomic E-state index is 0.0626. The molecule has 0 saturated heterocycles. The van der Waals surface area contributed by atoms with E-state index < -0.39 is 0 Å². The van der Waals surface area contributed by atoms with Crippen molar-refractivity contribution < 1.29 is 5.11 Å². The fourth-order valence-corrected chi connectivity index (χ4v) is 2.42. The third-order valence-electron chi connectivity index (χ3n) is 3.52. The Labute approximate surface area is 116 Å². The van der Waals surface area contributed by atoms with E-state index in [0.29, 0.717) is 6.54 Å². The lowest BCUT2D eigenvalue weighted by atomic mass is 9.98. The van der Waals surface area contributed by atoms with Crippen LogP contribution in [0.5, 0.6) is 0 Å². The minimum atomic E-state index is 0.0626. The standard InChI is InChI=1S/C14H28N4O/c1-4-6-7-18(8-9-19)14(13(15)5-2)12-10-16-17(3)11-12/h10-11,13-14,19H,4-9,15H2,1-3H3. The summed E-state index contributed by atoms with van der Waals surface area (Å²) in [6, 6.07) is 0.199. The van der Waals surface area contributed by atoms with Gasteiger partial charge in [-0.25, -0.2) is 0 Å². The van der Waals surface area contributed by atoms with Crippen molar-refractivity contribution in [1.29, 1.82) is 0 Å². The molecule has 0 spiro atoms. The SMILES string of the molecule is CCCCN(CCO)C(c1cnn(C)c1)C(N)CC. The first-order valence-corrected chi connectivity index (χ1v) is 7.23. The molecule has 5 heteroatoms. The van der Waals surface area contributed by atoms with E-state index in [1.807, 2.05) is 24.1 Å². The smallest absolute Gasteiger partial charge is 0.0558 e. The Morgan fingerprint density at radius 1 is 1.42 bits per heavy atom. The summed E-state index contributed by atoms with van der Waals surface area (Å²) < 4.78 is 1.81. The molecule has 0 radical (unpaired) electrons. The van der Waals surface area contributed by atoms with Gasteiger partial charge < -0.3 is 10.8 Å². The summed E-state index contributed by atoms with van der Waals surface area (Å²) in [7, 11) is 1.92. The first-order valence-electron chi connectivity index (χ1n) is 7.23. The van der Waals surface area contributed by atoms with E-state index in [4.69, 9.17) is 5.73 Å². The van der Waals surface area contributed by atoms with E-state index in [-0.39, 0.29) is 18.7 Å². The zero-order valence-electron chi connectivity index (χ0n) is 12.4. The molecule has 0 aromatic carbocycles. The zero-order valence-corrected chi connectivity index (χ0v) is 12.4. The molecule has 0 aliphatic rings. The lowest BCUT2D eigenvalue weighted by molar-refractivity contribution is 0.130. The van der Waals surface area contributed by atoms with Crippen molar-refractivity contribution >= 4 is 0 Å². The second-order valence-electron chi connectivity index (χ2n) is 5.08. The lowest BCUT2D eigenvalue weighted by Gasteiger charge is -2.34. The van der Waals surface area contributed by atoms with E-state index in [1.54, 1.807) is 0 Å². The molecule has 0 aliphatic carbocycles. The summed E-state index contributed by atoms with van der Waals surface area (Å²) in [5.41, 5.74) is 7.44. The van der Waals surface area contributed by atoms with Gasteiger partial charge in [0.1, 0.15) is 0 Å². The van der Waals surface area contributed by atoms with Gasteiger partial charge in [-0.1, -0.05) is 20.3 Å². The van der Waals surface area contributed by atoms with Gasteiger partial charge in [0.25, 0.3) is 0 Å². The molecule has 5 nitrogen and oxygen atoms in total. The Kier molecular flexibility index (Phi) is 7.05. The second kappa shape index (κ2) is 8.30. The largest absolute Gasteiger partial charge is 0.395 e. The Bertz CT molecular complexity index is 353. The Balaban J connectivity index is 2.91. The first kappa shape index (κ1) is 16.1. The minimum Gasteiger partial charge on any atom is -0.395 e. The fraction of sp³-hybridized carbons (Fsp3) is 0.786. The molecular formula is C14H28N4O. The van der Waals surface area contributed by atoms with Gasteiger partial charge in [-0.2, -0.15) is 5.10 Å². The van der Waals surface area contributed by atoms with Crippen LogP contribution in [-0.2, 0) is 7.05 Å². The maximum atomic E-state index is 9.29. The van der Waals surface area contributed by atoms with Crippen LogP contribution in [0.4, 0.5) is 0 Å². The molecule has 0 bridgehead atoms. The van der Waals surface area contributed by atoms with Crippen molar-refractivity contribution in [2.75, 3.05) is 19.7 Å². The molecule has 3 N–H and O–H groups in total. The van der Waals surface area contributed by atoms with E-state index in [0.717, 1.165) is 31.4 Å². The number of aliphatic hydroxyl groups excluding tert-OH is 1. The van der Waals surface area contributed by atoms with Crippen molar-refractivity contribution in [2.24, 2.45) is 12.8 Å². The predicted molar refractivity (Wildman–Crippen MR) is 77.8 cm³/mol. The number of unbranched alkanes of at least 4 members (excludes halogenated alkanes) is 1. The van der Waals surface area contributed by atoms with Crippen molar-refractivity contribution in [3.63, 3.8) is 0 Å². The molecule has 0 aliphatic heterocycles. The van der Waals surface area contributed by atoms with Gasteiger partial charge in [-0.15, -0.1) is 0 Å². The molecule has 110 valence electrons. The van der Waals surface area contributed by atoms with Gasteiger partial charge in [0.05, 0.1) is 18.8 Å². The van der Waals surface area contributed by atoms with Crippen LogP contribution < -0.4 is 5.73 Å². The average molecular weight is 268 g/mol. The number of aliphatic hydroxyl groups is 1. The highest BCUT2D eigenvalue weighted by Crippen LogP contribution is 2.25. The number of hydrogen-bond donors (Lipinski definition) is 2. The fourth-order valence-electron chi connectivity index (χ4n) is 2.42. The van der Waals surface area contributed by atoms with Crippen molar-refractivity contribution in [2.45, 2.75) is 45.2 Å². The van der Waals surface area contributed by atoms with E-state index in [9.17, 15) is 5.11 Å². The predicted octanol–water partition coefficient (Wildman–Crippen LogP) is 1.29. The summed E-state index contributed by atoms with van der Waals surface area (Å²) in [4.78, 5) is 2.29. The van der Waals surface area contributed by atoms with Gasteiger partial charge in [0.15, 0.2) is 0 Å². The first-order chi connectivity index (χ1) is 9.13. The lowest BCUT2D eigenvalue weighted by Crippen LogP contribution is -2.42. The van der Waals surface area contributed by atoms with E-state index >= 15 is 0 Å². The highest BCUT2D eigenvalue weighted by molar-refractivity contribution is 5.13. The monoisotopic (exact) mass is 268 g/mol. The molecule has 2 unspecified atom stereocenters. The molecule has 1 rings (SSSR count). The van der Waals surface area contributed by atoms with Crippen LogP contribution in [-0.4, -0.2) is 45.5 Å². The molecule has 2 atom stereocenters. The summed E-state index contributed by atoms with van der Waals surface area (Å²) in [5, 5.41) is 13.5. The van der Waals surface area contributed by atoms with Gasteiger partial charge in [0, 0.05) is 31.4 Å². The number of hydrogen-bond acceptors (Lipinski definition) is 4. The highest BCUT2D eigenvalue weighted by atomic mass is 16.3. The quantitative estimate of drug-likeness (QED) is 0.708. The molecule has 0 amide bonds. The molecule has 1 heterocycles. The Morgan fingerprint density at radius 3 is 2.63 bits per heavy atom. The second-order valence-corrected chi connectivity index (χ2v) is 5.08. The summed E-state index contributed by atoms with van der Waals surface area (Å²) in [5.74, 6) is 0. The maximum Gasteiger partial charge on any atom is 0.0558 e. The Morgan fingerprint density at radius 2 is 2.16 bits per heavy atom. The van der Waals surface area contributed by atoms with Crippen LogP contribution in [0.25, 0.3) is 0 Å². The number of nitrogens with zero attached hydrogens (tertiary/aromatic N) is 3. The molecule has 1 aromatic heterocycles. The highest BCUT2D eigenvalue weighted by Gasteiger charge is 2.26. The van der Waals surface area contributed by atoms with Gasteiger partial charge in [-0.3, -0.25) is 9.58 Å². The number of aromatic nitrogens is 2. The maximum absolute atomic E-state index is 9.29. The molecular weight excluding hydrogens is 240 g/mol. The summed E-state index contributed by atoms with van der Waals surface area (Å²) in [6.45, 7) is 6.06. The van der Waals surface area contributed by atoms with E-state index in [2.05, 4.69) is 23.8 Å². The van der Waals surface area contributed by atoms with Crippen molar-refractivity contribution in [3.8, 4) is 0 Å². The zero-order chi connectivity index (χ0) is 14.3. The number of aryl methyl sites for hydroxylation is 1. The van der Waals surface area contributed by atoms with Crippen LogP contribution in [0.1, 0.15) is 44.7 Å². The van der Waals surface area contributed by atoms with Crippen LogP contribution in [0.15, 0.2) is 12.4 Å². The van der Waals surface area contributed by atoms with Crippen molar-refractivity contribution in [1.82, 2.24) is 14.7 Å². The van der Waals surface area contributed by atoms with Crippen LogP contribution >= 0.6 is 0 Å². The van der Waals surface area contributed by atoms with Crippen LogP contribution in [0, 0.1) is 0 Å². The topological polar surface area (TPSA) is 67.3 Å². The molecule has 0 fully saturated rings. The molecule has 19 heavy (non-hydrogen) atoms. The Hall–Kier alpha value is -0.910. The van der Waals surface area contributed by atoms with Crippen molar-refractivity contribution in [3.05, 3.63) is 18.0 Å². The summed E-state index contributed by atoms with van der Waals surface area (Å²) >= 11 is 0.